The van der Waals surface area contributed by atoms with Gasteiger partial charge in [0, 0.05) is 30.5 Å². The third-order valence-electron chi connectivity index (χ3n) is 5.66. The first kappa shape index (κ1) is 21.2. The molecule has 1 aliphatic heterocycles. The Morgan fingerprint density at radius 1 is 1.00 bits per heavy atom. The molecule has 0 spiro atoms. The number of nitrogens with one attached hydrogen (secondary N) is 2. The summed E-state index contributed by atoms with van der Waals surface area (Å²) in [5, 5.41) is 6.83. The molecule has 1 aliphatic rings. The first-order valence-electron chi connectivity index (χ1n) is 10.9. The number of piperidine rings is 1. The Bertz CT molecular complexity index is 980. The summed E-state index contributed by atoms with van der Waals surface area (Å²) in [5.41, 5.74) is 3.11. The molecule has 162 valence electrons. The molecule has 0 aliphatic carbocycles. The standard InChI is InChI=1S/C24H27FN4O2/c25-21-10-8-20(9-11-21)24-27-23(31-28-24)13-12-22(30)26-16-18-4-6-19(7-5-18)17-29-14-2-1-3-15-29/h4-11H,1-3,12-17H2,(H,26,30)/p+1. The number of hydrogen-bond donors (Lipinski definition) is 2. The Morgan fingerprint density at radius 2 is 1.71 bits per heavy atom. The Labute approximate surface area is 181 Å². The molecular formula is C24H28FN4O2+. The van der Waals surface area contributed by atoms with Crippen LogP contribution in [0.1, 0.15) is 42.7 Å². The molecule has 0 saturated carbocycles. The van der Waals surface area contributed by atoms with Gasteiger partial charge in [0.15, 0.2) is 0 Å². The number of amides is 1. The van der Waals surface area contributed by atoms with Gasteiger partial charge in [-0.1, -0.05) is 29.4 Å². The van der Waals surface area contributed by atoms with E-state index in [1.165, 1.54) is 50.0 Å². The molecule has 2 heterocycles. The topological polar surface area (TPSA) is 72.5 Å². The maximum Gasteiger partial charge on any atom is 0.227 e. The van der Waals surface area contributed by atoms with Crippen molar-refractivity contribution in [3.8, 4) is 11.4 Å². The molecular weight excluding hydrogens is 395 g/mol. The first-order valence-corrected chi connectivity index (χ1v) is 10.9. The van der Waals surface area contributed by atoms with Crippen LogP contribution < -0.4 is 10.2 Å². The fourth-order valence-corrected chi connectivity index (χ4v) is 3.87. The monoisotopic (exact) mass is 423 g/mol. The van der Waals surface area contributed by atoms with Crippen LogP contribution in [0.15, 0.2) is 53.1 Å². The number of halogens is 1. The van der Waals surface area contributed by atoms with Crippen molar-refractivity contribution in [1.29, 1.82) is 0 Å². The maximum atomic E-state index is 13.0. The van der Waals surface area contributed by atoms with Gasteiger partial charge in [-0.2, -0.15) is 4.98 Å². The normalized spacial score (nSPS) is 14.5. The highest BCUT2D eigenvalue weighted by Gasteiger charge is 2.14. The molecule has 3 aromatic rings. The van der Waals surface area contributed by atoms with Crippen molar-refractivity contribution in [1.82, 2.24) is 15.5 Å². The van der Waals surface area contributed by atoms with Crippen LogP contribution in [-0.2, 0) is 24.3 Å². The van der Waals surface area contributed by atoms with Crippen molar-refractivity contribution in [3.63, 3.8) is 0 Å². The predicted octanol–water partition coefficient (Wildman–Crippen LogP) is 2.69. The van der Waals surface area contributed by atoms with E-state index in [-0.39, 0.29) is 18.1 Å². The number of carbonyl (C=O) groups excluding carboxylic acids is 1. The van der Waals surface area contributed by atoms with E-state index in [1.54, 1.807) is 17.0 Å². The van der Waals surface area contributed by atoms with Crippen LogP contribution in [-0.4, -0.2) is 29.1 Å². The third kappa shape index (κ3) is 6.21. The van der Waals surface area contributed by atoms with Crippen molar-refractivity contribution >= 4 is 5.91 Å². The SMILES string of the molecule is O=C(CCc1nc(-c2ccc(F)cc2)no1)NCc1ccc(C[NH+]2CCCCC2)cc1. The lowest BCUT2D eigenvalue weighted by atomic mass is 10.1. The van der Waals surface area contributed by atoms with Crippen molar-refractivity contribution in [2.45, 2.75) is 45.2 Å². The molecule has 31 heavy (non-hydrogen) atoms. The zero-order valence-electron chi connectivity index (χ0n) is 17.6. The van der Waals surface area contributed by atoms with Gasteiger partial charge in [-0.3, -0.25) is 4.79 Å². The lowest BCUT2D eigenvalue weighted by molar-refractivity contribution is -0.918. The number of quaternary nitrogens is 1. The van der Waals surface area contributed by atoms with E-state index in [0.29, 0.717) is 30.2 Å². The predicted molar refractivity (Wildman–Crippen MR) is 115 cm³/mol. The number of carbonyl (C=O) groups is 1. The van der Waals surface area contributed by atoms with E-state index in [2.05, 4.69) is 39.7 Å². The zero-order valence-corrected chi connectivity index (χ0v) is 17.6. The number of aromatic nitrogens is 2. The molecule has 7 heteroatoms. The second kappa shape index (κ2) is 10.3. The summed E-state index contributed by atoms with van der Waals surface area (Å²) in [7, 11) is 0. The van der Waals surface area contributed by atoms with E-state index in [1.807, 2.05) is 0 Å². The van der Waals surface area contributed by atoms with Gasteiger partial charge in [0.1, 0.15) is 12.4 Å². The summed E-state index contributed by atoms with van der Waals surface area (Å²) < 4.78 is 18.2. The molecule has 2 N–H and O–H groups in total. The highest BCUT2D eigenvalue weighted by Crippen LogP contribution is 2.16. The van der Waals surface area contributed by atoms with Gasteiger partial charge >= 0.3 is 0 Å². The average molecular weight is 424 g/mol. The molecule has 6 nitrogen and oxygen atoms in total. The summed E-state index contributed by atoms with van der Waals surface area (Å²) >= 11 is 0. The van der Waals surface area contributed by atoms with Crippen LogP contribution in [0, 0.1) is 5.82 Å². The molecule has 0 bridgehead atoms. The summed E-state index contributed by atoms with van der Waals surface area (Å²) in [4.78, 5) is 18.1. The van der Waals surface area contributed by atoms with Gasteiger partial charge in [0.2, 0.25) is 17.6 Å². The second-order valence-electron chi connectivity index (χ2n) is 8.10. The number of rotatable bonds is 8. The van der Waals surface area contributed by atoms with Crippen LogP contribution in [0.25, 0.3) is 11.4 Å². The van der Waals surface area contributed by atoms with Gasteiger partial charge in [-0.25, -0.2) is 4.39 Å². The molecule has 0 unspecified atom stereocenters. The van der Waals surface area contributed by atoms with Crippen LogP contribution >= 0.6 is 0 Å². The van der Waals surface area contributed by atoms with Crippen LogP contribution in [0.3, 0.4) is 0 Å². The molecule has 1 aromatic heterocycles. The third-order valence-corrected chi connectivity index (χ3v) is 5.66. The van der Waals surface area contributed by atoms with Crippen LogP contribution in [0.5, 0.6) is 0 Å². The summed E-state index contributed by atoms with van der Waals surface area (Å²) in [6, 6.07) is 14.4. The number of hydrogen-bond acceptors (Lipinski definition) is 4. The summed E-state index contributed by atoms with van der Waals surface area (Å²) in [5.74, 6) is 0.395. The Balaban J connectivity index is 1.20. The van der Waals surface area contributed by atoms with Crippen LogP contribution in [0.2, 0.25) is 0 Å². The number of nitrogens with zero attached hydrogens (tertiary/aromatic N) is 2. The fourth-order valence-electron chi connectivity index (χ4n) is 3.87. The zero-order chi connectivity index (χ0) is 21.5. The average Bonchev–Trinajstić information content (AvgIpc) is 3.27. The molecule has 4 rings (SSSR count). The van der Waals surface area contributed by atoms with Gasteiger partial charge in [0.25, 0.3) is 0 Å². The minimum atomic E-state index is -0.318. The van der Waals surface area contributed by atoms with Crippen molar-refractivity contribution in [3.05, 3.63) is 71.4 Å². The lowest BCUT2D eigenvalue weighted by Gasteiger charge is -2.23. The summed E-state index contributed by atoms with van der Waals surface area (Å²) in [6.45, 7) is 4.11. The molecule has 1 fully saturated rings. The second-order valence-corrected chi connectivity index (χ2v) is 8.10. The van der Waals surface area contributed by atoms with E-state index in [0.717, 1.165) is 12.1 Å². The number of likely N-dealkylation sites (tertiary alicyclic amines) is 1. The molecule has 0 radical (unpaired) electrons. The minimum absolute atomic E-state index is 0.0663. The Hall–Kier alpha value is -3.06. The fraction of sp³-hybridized carbons (Fsp3) is 0.375. The molecule has 1 amide bonds. The highest BCUT2D eigenvalue weighted by atomic mass is 19.1. The number of aryl methyl sites for hydroxylation is 1. The van der Waals surface area contributed by atoms with Gasteiger partial charge in [-0.15, -0.1) is 0 Å². The Morgan fingerprint density at radius 3 is 2.45 bits per heavy atom. The van der Waals surface area contributed by atoms with Crippen molar-refractivity contribution in [2.24, 2.45) is 0 Å². The maximum absolute atomic E-state index is 13.0. The van der Waals surface area contributed by atoms with Crippen LogP contribution in [0.4, 0.5) is 4.39 Å². The van der Waals surface area contributed by atoms with E-state index in [4.69, 9.17) is 4.52 Å². The molecule has 1 saturated heterocycles. The highest BCUT2D eigenvalue weighted by molar-refractivity contribution is 5.76. The molecule has 0 atom stereocenters. The van der Waals surface area contributed by atoms with Crippen molar-refractivity contribution in [2.75, 3.05) is 13.1 Å². The number of benzene rings is 2. The first-order chi connectivity index (χ1) is 15.2. The van der Waals surface area contributed by atoms with E-state index < -0.39 is 0 Å². The minimum Gasteiger partial charge on any atom is -0.352 e. The van der Waals surface area contributed by atoms with Gasteiger partial charge in [-0.05, 0) is 49.1 Å². The van der Waals surface area contributed by atoms with E-state index in [9.17, 15) is 9.18 Å². The van der Waals surface area contributed by atoms with Gasteiger partial charge < -0.3 is 14.7 Å². The smallest absolute Gasteiger partial charge is 0.227 e. The van der Waals surface area contributed by atoms with E-state index >= 15 is 0 Å². The quantitative estimate of drug-likeness (QED) is 0.584. The Kier molecular flexibility index (Phi) is 7.04. The van der Waals surface area contributed by atoms with Crippen molar-refractivity contribution < 1.29 is 18.6 Å². The largest absolute Gasteiger partial charge is 0.352 e. The van der Waals surface area contributed by atoms with Gasteiger partial charge in [0.05, 0.1) is 13.1 Å². The molecule has 2 aromatic carbocycles. The summed E-state index contributed by atoms with van der Waals surface area (Å²) in [6.07, 6.45) is 4.65. The lowest BCUT2D eigenvalue weighted by Crippen LogP contribution is -3.11.